The van der Waals surface area contributed by atoms with Crippen LogP contribution in [-0.2, 0) is 22.5 Å². The summed E-state index contributed by atoms with van der Waals surface area (Å²) in [6.07, 6.45) is 0.628. The minimum Gasteiger partial charge on any atom is -0.408 e. The van der Waals surface area contributed by atoms with E-state index in [1.165, 1.54) is 10.6 Å². The van der Waals surface area contributed by atoms with Gasteiger partial charge in [0.2, 0.25) is 0 Å². The number of hydrogen-bond donors (Lipinski definition) is 2. The molecule has 0 saturated carbocycles. The number of carbonyl (C=O) groups excluding carboxylic acids is 1. The van der Waals surface area contributed by atoms with Crippen molar-refractivity contribution < 1.29 is 23.4 Å². The van der Waals surface area contributed by atoms with Crippen LogP contribution in [0.25, 0.3) is 22.2 Å². The molecule has 0 aliphatic heterocycles. The van der Waals surface area contributed by atoms with Crippen LogP contribution in [0.15, 0.2) is 45.6 Å². The van der Waals surface area contributed by atoms with Gasteiger partial charge < -0.3 is 24.5 Å². The number of ether oxygens (including phenoxy) is 1. The Hall–Kier alpha value is -3.52. The quantitative estimate of drug-likeness (QED) is 0.338. The van der Waals surface area contributed by atoms with E-state index >= 15 is 0 Å². The molecule has 37 heavy (non-hydrogen) atoms. The highest BCUT2D eigenvalue weighted by molar-refractivity contribution is 5.82. The Morgan fingerprint density at radius 3 is 2.65 bits per heavy atom. The van der Waals surface area contributed by atoms with Crippen molar-refractivity contribution in [2.75, 3.05) is 33.9 Å². The number of aromatic nitrogens is 1. The fourth-order valence-corrected chi connectivity index (χ4v) is 3.90. The predicted octanol–water partition coefficient (Wildman–Crippen LogP) is 2.69. The number of nitrogens with zero attached hydrogens (tertiary/aromatic N) is 3. The van der Waals surface area contributed by atoms with Gasteiger partial charge in [-0.05, 0) is 55.4 Å². The van der Waals surface area contributed by atoms with Gasteiger partial charge in [-0.25, -0.2) is 9.18 Å². The standard InChI is InChI=1S/C27H33FN4O5/c1-4-5-11-36-12-10-32-23-15-19(8-9-25(23)37-27(32)35)18-6-7-20(22(28)14-18)13-21(16-29)30-26(34)24(33)17-31(2)3/h6-9,14-15,21,24,33H,4-5,10-13,17H2,1-3H3,(H,30,34)/t21-,24-/m0/s1. The molecule has 9 nitrogen and oxygen atoms in total. The number of aliphatic hydroxyl groups excluding tert-OH is 1. The third-order valence-corrected chi connectivity index (χ3v) is 5.89. The Kier molecular flexibility index (Phi) is 9.97. The van der Waals surface area contributed by atoms with Gasteiger partial charge in [-0.2, -0.15) is 5.26 Å². The molecule has 1 amide bonds. The van der Waals surface area contributed by atoms with Gasteiger partial charge in [-0.15, -0.1) is 0 Å². The number of carbonyl (C=O) groups is 1. The van der Waals surface area contributed by atoms with Crippen LogP contribution in [0.4, 0.5) is 4.39 Å². The van der Waals surface area contributed by atoms with E-state index in [1.807, 2.05) is 6.07 Å². The maximum absolute atomic E-state index is 15.0. The number of unbranched alkanes of at least 4 members (excludes halogenated alkanes) is 1. The molecule has 0 aliphatic carbocycles. The van der Waals surface area contributed by atoms with Crippen molar-refractivity contribution in [2.24, 2.45) is 0 Å². The Morgan fingerprint density at radius 2 is 1.97 bits per heavy atom. The minimum absolute atomic E-state index is 0.0542. The molecule has 10 heteroatoms. The van der Waals surface area contributed by atoms with Crippen LogP contribution in [0.3, 0.4) is 0 Å². The van der Waals surface area contributed by atoms with E-state index < -0.39 is 29.6 Å². The molecule has 0 aliphatic rings. The zero-order valence-electron chi connectivity index (χ0n) is 21.4. The fraction of sp³-hybridized carbons (Fsp3) is 0.444. The summed E-state index contributed by atoms with van der Waals surface area (Å²) >= 11 is 0. The highest BCUT2D eigenvalue weighted by atomic mass is 19.1. The lowest BCUT2D eigenvalue weighted by atomic mass is 10.00. The van der Waals surface area contributed by atoms with Crippen molar-refractivity contribution in [3.63, 3.8) is 0 Å². The fourth-order valence-electron chi connectivity index (χ4n) is 3.90. The smallest absolute Gasteiger partial charge is 0.408 e. The molecule has 0 bridgehead atoms. The van der Waals surface area contributed by atoms with Crippen LogP contribution in [0.5, 0.6) is 0 Å². The summed E-state index contributed by atoms with van der Waals surface area (Å²) in [5.41, 5.74) is 2.55. The number of benzene rings is 2. The molecule has 2 aromatic carbocycles. The van der Waals surface area contributed by atoms with Gasteiger partial charge in [0, 0.05) is 19.6 Å². The third kappa shape index (κ3) is 7.49. The van der Waals surface area contributed by atoms with Gasteiger partial charge in [-0.1, -0.05) is 31.5 Å². The number of hydrogen-bond acceptors (Lipinski definition) is 7. The molecule has 3 rings (SSSR count). The Bertz CT molecular complexity index is 1310. The van der Waals surface area contributed by atoms with Crippen LogP contribution in [0.1, 0.15) is 25.3 Å². The summed E-state index contributed by atoms with van der Waals surface area (Å²) in [6.45, 7) is 3.53. The van der Waals surface area contributed by atoms with E-state index in [0.717, 1.165) is 12.8 Å². The van der Waals surface area contributed by atoms with Crippen LogP contribution in [-0.4, -0.2) is 66.5 Å². The van der Waals surface area contributed by atoms with Crippen LogP contribution in [0.2, 0.25) is 0 Å². The van der Waals surface area contributed by atoms with Crippen molar-refractivity contribution in [3.8, 4) is 17.2 Å². The molecule has 1 aromatic heterocycles. The molecule has 3 aromatic rings. The number of aliphatic hydroxyl groups is 1. The number of halogens is 1. The topological polar surface area (TPSA) is 121 Å². The van der Waals surface area contributed by atoms with E-state index in [-0.39, 0.29) is 18.5 Å². The third-order valence-electron chi connectivity index (χ3n) is 5.89. The maximum atomic E-state index is 15.0. The SMILES string of the molecule is CCCCOCCn1c(=O)oc2ccc(-c3ccc(C[C@@H](C#N)NC(=O)[C@@H](O)CN(C)C)c(F)c3)cc21. The number of likely N-dealkylation sites (N-methyl/N-ethyl adjacent to an activating group) is 1. The highest BCUT2D eigenvalue weighted by Crippen LogP contribution is 2.26. The van der Waals surface area contributed by atoms with Gasteiger partial charge in [0.1, 0.15) is 18.0 Å². The molecular weight excluding hydrogens is 479 g/mol. The van der Waals surface area contributed by atoms with E-state index in [0.29, 0.717) is 42.0 Å². The Morgan fingerprint density at radius 1 is 1.24 bits per heavy atom. The Balaban J connectivity index is 1.74. The average Bonchev–Trinajstić information content (AvgIpc) is 3.18. The van der Waals surface area contributed by atoms with Gasteiger partial charge in [0.25, 0.3) is 5.91 Å². The molecule has 198 valence electrons. The second kappa shape index (κ2) is 13.1. The second-order valence-electron chi connectivity index (χ2n) is 9.15. The number of amides is 1. The summed E-state index contributed by atoms with van der Waals surface area (Å²) < 4.78 is 27.4. The number of rotatable bonds is 13. The summed E-state index contributed by atoms with van der Waals surface area (Å²) in [7, 11) is 3.42. The summed E-state index contributed by atoms with van der Waals surface area (Å²) in [6, 6.07) is 10.8. The van der Waals surface area contributed by atoms with Gasteiger partial charge in [-0.3, -0.25) is 9.36 Å². The molecular formula is C27H33FN4O5. The molecule has 0 fully saturated rings. The summed E-state index contributed by atoms with van der Waals surface area (Å²) in [5, 5.41) is 21.8. The summed E-state index contributed by atoms with van der Waals surface area (Å²) in [4.78, 5) is 26.1. The van der Waals surface area contributed by atoms with E-state index in [1.54, 1.807) is 49.3 Å². The molecule has 2 atom stereocenters. The van der Waals surface area contributed by atoms with E-state index in [2.05, 4.69) is 12.2 Å². The van der Waals surface area contributed by atoms with Gasteiger partial charge in [0.05, 0.1) is 24.7 Å². The average molecular weight is 513 g/mol. The Labute approximate surface area is 215 Å². The molecule has 0 spiro atoms. The summed E-state index contributed by atoms with van der Waals surface area (Å²) in [5.74, 6) is -1.70. The van der Waals surface area contributed by atoms with Crippen molar-refractivity contribution in [1.82, 2.24) is 14.8 Å². The zero-order chi connectivity index (χ0) is 26.9. The highest BCUT2D eigenvalue weighted by Gasteiger charge is 2.21. The van der Waals surface area contributed by atoms with Gasteiger partial charge >= 0.3 is 5.76 Å². The normalized spacial score (nSPS) is 13.0. The minimum atomic E-state index is -1.30. The van der Waals surface area contributed by atoms with Crippen molar-refractivity contribution >= 4 is 17.0 Å². The van der Waals surface area contributed by atoms with Crippen LogP contribution >= 0.6 is 0 Å². The number of nitrogens with one attached hydrogen (secondary N) is 1. The van der Waals surface area contributed by atoms with Gasteiger partial charge in [0.15, 0.2) is 5.58 Å². The second-order valence-corrected chi connectivity index (χ2v) is 9.15. The van der Waals surface area contributed by atoms with Crippen molar-refractivity contribution in [3.05, 3.63) is 58.3 Å². The van der Waals surface area contributed by atoms with Crippen molar-refractivity contribution in [2.45, 2.75) is 44.9 Å². The monoisotopic (exact) mass is 512 g/mol. The predicted molar refractivity (Wildman–Crippen MR) is 137 cm³/mol. The lowest BCUT2D eigenvalue weighted by Gasteiger charge is -2.18. The lowest BCUT2D eigenvalue weighted by Crippen LogP contribution is -2.45. The molecule has 2 N–H and O–H groups in total. The van der Waals surface area contributed by atoms with Crippen LogP contribution < -0.4 is 11.1 Å². The van der Waals surface area contributed by atoms with Crippen LogP contribution in [0, 0.1) is 17.1 Å². The first-order valence-electron chi connectivity index (χ1n) is 12.3. The number of nitriles is 1. The first kappa shape index (κ1) is 28.1. The first-order valence-corrected chi connectivity index (χ1v) is 12.3. The van der Waals surface area contributed by atoms with Crippen molar-refractivity contribution in [1.29, 1.82) is 5.26 Å². The molecule has 0 saturated heterocycles. The molecule has 1 heterocycles. The molecule has 0 unspecified atom stereocenters. The van der Waals surface area contributed by atoms with E-state index in [4.69, 9.17) is 9.15 Å². The molecule has 0 radical (unpaired) electrons. The lowest BCUT2D eigenvalue weighted by molar-refractivity contribution is -0.130. The largest absolute Gasteiger partial charge is 0.420 e. The first-order chi connectivity index (χ1) is 17.7. The zero-order valence-corrected chi connectivity index (χ0v) is 21.4. The number of oxazole rings is 1. The maximum Gasteiger partial charge on any atom is 0.420 e. The van der Waals surface area contributed by atoms with E-state index in [9.17, 15) is 24.3 Å². The number of fused-ring (bicyclic) bond motifs is 1.